The number of carboxylic acid groups (broad SMARTS) is 1. The maximum absolute atomic E-state index is 10.7. The number of nitrogens with zero attached hydrogens (tertiary/aromatic N) is 1. The second-order valence-corrected chi connectivity index (χ2v) is 5.25. The van der Waals surface area contributed by atoms with Crippen LogP contribution < -0.4 is 4.74 Å². The molecule has 2 aromatic heterocycles. The molecule has 0 saturated carbocycles. The first kappa shape index (κ1) is 11.1. The van der Waals surface area contributed by atoms with Crippen LogP contribution >= 0.6 is 22.7 Å². The predicted molar refractivity (Wildman–Crippen MR) is 62.9 cm³/mol. The van der Waals surface area contributed by atoms with Crippen LogP contribution in [0.5, 0.6) is 10.9 Å². The third-order valence-corrected chi connectivity index (χ3v) is 3.85. The quantitative estimate of drug-likeness (QED) is 0.914. The minimum Gasteiger partial charge on any atom is -0.477 e. The lowest BCUT2D eigenvalue weighted by Gasteiger charge is -1.95. The fraction of sp³-hybridized carbons (Fsp3) is 0.200. The number of carbonyl (C=O) groups is 1. The van der Waals surface area contributed by atoms with Gasteiger partial charge in [0.1, 0.15) is 10.6 Å². The second kappa shape index (κ2) is 4.23. The zero-order valence-electron chi connectivity index (χ0n) is 8.68. The van der Waals surface area contributed by atoms with E-state index < -0.39 is 5.97 Å². The van der Waals surface area contributed by atoms with Crippen molar-refractivity contribution >= 4 is 28.6 Å². The summed E-state index contributed by atoms with van der Waals surface area (Å²) in [6.45, 7) is 3.88. The number of carboxylic acids is 1. The Morgan fingerprint density at radius 1 is 1.50 bits per heavy atom. The van der Waals surface area contributed by atoms with Crippen LogP contribution in [0.4, 0.5) is 0 Å². The van der Waals surface area contributed by atoms with E-state index in [2.05, 4.69) is 4.98 Å². The standard InChI is InChI=1S/C10H9NO3S2/c1-5-6(2)16-10(11-5)14-7-3-8(9(12)13)15-4-7/h3-4H,1-2H3,(H,12,13). The SMILES string of the molecule is Cc1nc(Oc2csc(C(=O)O)c2)sc1C. The highest BCUT2D eigenvalue weighted by molar-refractivity contribution is 7.13. The molecular weight excluding hydrogens is 246 g/mol. The number of hydrogen-bond donors (Lipinski definition) is 1. The number of aromatic carboxylic acids is 1. The molecule has 0 saturated heterocycles. The summed E-state index contributed by atoms with van der Waals surface area (Å²) in [5.41, 5.74) is 0.939. The second-order valence-electron chi connectivity index (χ2n) is 3.18. The van der Waals surface area contributed by atoms with Crippen LogP contribution in [-0.4, -0.2) is 16.1 Å². The fourth-order valence-electron chi connectivity index (χ4n) is 1.07. The van der Waals surface area contributed by atoms with E-state index in [4.69, 9.17) is 9.84 Å². The van der Waals surface area contributed by atoms with Crippen molar-refractivity contribution in [3.63, 3.8) is 0 Å². The van der Waals surface area contributed by atoms with Gasteiger partial charge in [-0.3, -0.25) is 0 Å². The van der Waals surface area contributed by atoms with E-state index in [-0.39, 0.29) is 4.88 Å². The van der Waals surface area contributed by atoms with Gasteiger partial charge in [0.2, 0.25) is 0 Å². The molecule has 0 bridgehead atoms. The molecule has 2 heterocycles. The van der Waals surface area contributed by atoms with Gasteiger partial charge in [0, 0.05) is 16.3 Å². The highest BCUT2D eigenvalue weighted by Crippen LogP contribution is 2.31. The summed E-state index contributed by atoms with van der Waals surface area (Å²) in [6.07, 6.45) is 0. The van der Waals surface area contributed by atoms with Crippen molar-refractivity contribution in [3.05, 3.63) is 26.9 Å². The number of rotatable bonds is 3. The normalized spacial score (nSPS) is 10.4. The van der Waals surface area contributed by atoms with E-state index in [1.807, 2.05) is 13.8 Å². The van der Waals surface area contributed by atoms with Crippen LogP contribution in [0.2, 0.25) is 0 Å². The number of hydrogen-bond acceptors (Lipinski definition) is 5. The first-order valence-electron chi connectivity index (χ1n) is 4.50. The van der Waals surface area contributed by atoms with Crippen molar-refractivity contribution in [1.82, 2.24) is 4.98 Å². The van der Waals surface area contributed by atoms with Gasteiger partial charge in [-0.15, -0.1) is 11.3 Å². The molecule has 0 spiro atoms. The first-order chi connectivity index (χ1) is 7.56. The molecule has 0 unspecified atom stereocenters. The van der Waals surface area contributed by atoms with E-state index in [9.17, 15) is 4.79 Å². The highest BCUT2D eigenvalue weighted by Gasteiger charge is 2.10. The molecule has 84 valence electrons. The van der Waals surface area contributed by atoms with E-state index in [0.717, 1.165) is 21.9 Å². The summed E-state index contributed by atoms with van der Waals surface area (Å²) in [6, 6.07) is 1.50. The number of aryl methyl sites for hydroxylation is 2. The molecule has 1 N–H and O–H groups in total. The van der Waals surface area contributed by atoms with E-state index >= 15 is 0 Å². The lowest BCUT2D eigenvalue weighted by Crippen LogP contribution is -1.90. The Morgan fingerprint density at radius 2 is 2.25 bits per heavy atom. The van der Waals surface area contributed by atoms with Gasteiger partial charge in [0.15, 0.2) is 0 Å². The maximum Gasteiger partial charge on any atom is 0.346 e. The van der Waals surface area contributed by atoms with Crippen LogP contribution in [0.25, 0.3) is 0 Å². The summed E-state index contributed by atoms with van der Waals surface area (Å²) in [7, 11) is 0. The predicted octanol–water partition coefficient (Wildman–Crippen LogP) is 3.31. The Labute approximate surface area is 100 Å². The number of thiophene rings is 1. The lowest BCUT2D eigenvalue weighted by atomic mass is 10.4. The molecule has 0 fully saturated rings. The molecule has 4 nitrogen and oxygen atoms in total. The van der Waals surface area contributed by atoms with Crippen LogP contribution in [0, 0.1) is 13.8 Å². The summed E-state index contributed by atoms with van der Waals surface area (Å²) < 4.78 is 5.47. The smallest absolute Gasteiger partial charge is 0.346 e. The van der Waals surface area contributed by atoms with Crippen molar-refractivity contribution in [3.8, 4) is 10.9 Å². The molecule has 16 heavy (non-hydrogen) atoms. The van der Waals surface area contributed by atoms with Gasteiger partial charge in [-0.05, 0) is 13.8 Å². The Bertz CT molecular complexity index is 510. The molecule has 0 atom stereocenters. The van der Waals surface area contributed by atoms with E-state index in [1.165, 1.54) is 17.4 Å². The average Bonchev–Trinajstić information content (AvgIpc) is 2.76. The molecule has 0 radical (unpaired) electrons. The summed E-state index contributed by atoms with van der Waals surface area (Å²) in [4.78, 5) is 16.2. The molecule has 0 aliphatic heterocycles. The summed E-state index contributed by atoms with van der Waals surface area (Å²) in [5, 5.41) is 11.0. The van der Waals surface area contributed by atoms with Crippen molar-refractivity contribution in [2.24, 2.45) is 0 Å². The topological polar surface area (TPSA) is 59.4 Å². The van der Waals surface area contributed by atoms with Crippen LogP contribution in [0.3, 0.4) is 0 Å². The van der Waals surface area contributed by atoms with Gasteiger partial charge in [0.05, 0.1) is 5.69 Å². The van der Waals surface area contributed by atoms with Gasteiger partial charge in [0.25, 0.3) is 5.19 Å². The first-order valence-corrected chi connectivity index (χ1v) is 6.19. The Balaban J connectivity index is 2.17. The van der Waals surface area contributed by atoms with E-state index in [0.29, 0.717) is 10.9 Å². The molecular formula is C10H9NO3S2. The van der Waals surface area contributed by atoms with Gasteiger partial charge >= 0.3 is 5.97 Å². The van der Waals surface area contributed by atoms with Gasteiger partial charge in [-0.1, -0.05) is 11.3 Å². The molecule has 0 aliphatic carbocycles. The van der Waals surface area contributed by atoms with Gasteiger partial charge in [-0.2, -0.15) is 0 Å². The largest absolute Gasteiger partial charge is 0.477 e. The van der Waals surface area contributed by atoms with Gasteiger partial charge in [-0.25, -0.2) is 9.78 Å². The number of ether oxygens (including phenoxy) is 1. The zero-order valence-corrected chi connectivity index (χ0v) is 10.3. The highest BCUT2D eigenvalue weighted by atomic mass is 32.1. The minimum absolute atomic E-state index is 0.264. The van der Waals surface area contributed by atoms with Crippen LogP contribution in [0.1, 0.15) is 20.2 Å². The van der Waals surface area contributed by atoms with E-state index in [1.54, 1.807) is 5.38 Å². The minimum atomic E-state index is -0.939. The fourth-order valence-corrected chi connectivity index (χ4v) is 2.49. The molecule has 2 aromatic rings. The summed E-state index contributed by atoms with van der Waals surface area (Å²) in [5.74, 6) is -0.414. The van der Waals surface area contributed by atoms with Crippen molar-refractivity contribution in [2.75, 3.05) is 0 Å². The Kier molecular flexibility index (Phi) is 2.93. The zero-order chi connectivity index (χ0) is 11.7. The molecule has 6 heteroatoms. The maximum atomic E-state index is 10.7. The molecule has 2 rings (SSSR count). The third kappa shape index (κ3) is 2.23. The lowest BCUT2D eigenvalue weighted by molar-refractivity contribution is 0.0702. The van der Waals surface area contributed by atoms with Crippen molar-refractivity contribution in [2.45, 2.75) is 13.8 Å². The molecule has 0 aliphatic rings. The summed E-state index contributed by atoms with van der Waals surface area (Å²) >= 11 is 2.59. The molecule has 0 aromatic carbocycles. The van der Waals surface area contributed by atoms with Crippen molar-refractivity contribution < 1.29 is 14.6 Å². The Hall–Kier alpha value is -1.40. The monoisotopic (exact) mass is 255 g/mol. The number of thiazole rings is 1. The van der Waals surface area contributed by atoms with Crippen molar-refractivity contribution in [1.29, 1.82) is 0 Å². The average molecular weight is 255 g/mol. The third-order valence-electron chi connectivity index (χ3n) is 2.00. The number of aromatic nitrogens is 1. The Morgan fingerprint density at radius 3 is 2.75 bits per heavy atom. The van der Waals surface area contributed by atoms with Crippen LogP contribution in [0.15, 0.2) is 11.4 Å². The van der Waals surface area contributed by atoms with Gasteiger partial charge < -0.3 is 9.84 Å². The van der Waals surface area contributed by atoms with Crippen LogP contribution in [-0.2, 0) is 0 Å². The molecule has 0 amide bonds.